The molecule has 0 saturated carbocycles. The normalized spacial score (nSPS) is 12.4. The van der Waals surface area contributed by atoms with Crippen LogP contribution < -0.4 is 0 Å². The lowest BCUT2D eigenvalue weighted by molar-refractivity contribution is 0.0994. The van der Waals surface area contributed by atoms with E-state index in [0.29, 0.717) is 0 Å². The van der Waals surface area contributed by atoms with Gasteiger partial charge in [-0.3, -0.25) is 4.79 Å². The summed E-state index contributed by atoms with van der Waals surface area (Å²) in [5, 5.41) is 1.91. The van der Waals surface area contributed by atoms with Crippen LogP contribution in [0.1, 0.15) is 35.5 Å². The highest BCUT2D eigenvalue weighted by Crippen LogP contribution is 2.28. The van der Waals surface area contributed by atoms with E-state index in [2.05, 4.69) is 11.9 Å². The number of benzene rings is 1. The number of rotatable bonds is 5. The average Bonchev–Trinajstić information content (AvgIpc) is 2.83. The first-order valence-electron chi connectivity index (χ1n) is 6.32. The largest absolute Gasteiger partial charge is 0.293 e. The number of nitrogens with zero attached hydrogens (tertiary/aromatic N) is 1. The molecule has 1 aromatic heterocycles. The van der Waals surface area contributed by atoms with Gasteiger partial charge in [-0.1, -0.05) is 43.0 Å². The number of Topliss-reactive ketones (excluding diaryl/α,β-unsaturated/α-hetero) is 1. The van der Waals surface area contributed by atoms with Gasteiger partial charge >= 0.3 is 0 Å². The molecule has 19 heavy (non-hydrogen) atoms. The first-order chi connectivity index (χ1) is 9.10. The van der Waals surface area contributed by atoms with Gasteiger partial charge < -0.3 is 0 Å². The summed E-state index contributed by atoms with van der Waals surface area (Å²) in [5.74, 6) is 0.167. The fraction of sp³-hybridized carbons (Fsp3) is 0.333. The van der Waals surface area contributed by atoms with Gasteiger partial charge in [0.2, 0.25) is 0 Å². The third-order valence-corrected chi connectivity index (χ3v) is 5.08. The Bertz CT molecular complexity index is 560. The predicted octanol–water partition coefficient (Wildman–Crippen LogP) is 4.38. The molecule has 100 valence electrons. The summed E-state index contributed by atoms with van der Waals surface area (Å²) < 4.78 is 0.962. The number of thioether (sulfide) groups is 1. The van der Waals surface area contributed by atoms with Crippen LogP contribution >= 0.6 is 23.1 Å². The topological polar surface area (TPSA) is 30.0 Å². The summed E-state index contributed by atoms with van der Waals surface area (Å²) in [6.45, 7) is 6.02. The molecule has 1 aromatic carbocycles. The molecule has 4 heteroatoms. The molecular weight excluding hydrogens is 274 g/mol. The van der Waals surface area contributed by atoms with E-state index in [1.807, 2.05) is 43.5 Å². The highest BCUT2D eigenvalue weighted by Gasteiger charge is 2.17. The third-order valence-electron chi connectivity index (χ3n) is 2.89. The lowest BCUT2D eigenvalue weighted by Gasteiger charge is -2.08. The number of thiazole rings is 1. The second-order valence-electron chi connectivity index (χ2n) is 4.43. The Hall–Kier alpha value is -1.13. The van der Waals surface area contributed by atoms with Gasteiger partial charge in [0.15, 0.2) is 10.1 Å². The Morgan fingerprint density at radius 3 is 2.58 bits per heavy atom. The van der Waals surface area contributed by atoms with Crippen LogP contribution in [-0.4, -0.2) is 16.0 Å². The van der Waals surface area contributed by atoms with Gasteiger partial charge in [0.05, 0.1) is 5.25 Å². The van der Waals surface area contributed by atoms with E-state index in [1.54, 1.807) is 11.3 Å². The maximum Gasteiger partial charge on any atom is 0.175 e. The number of hydrogen-bond donors (Lipinski definition) is 0. The van der Waals surface area contributed by atoms with E-state index in [4.69, 9.17) is 0 Å². The summed E-state index contributed by atoms with van der Waals surface area (Å²) in [6, 6.07) is 7.90. The van der Waals surface area contributed by atoms with Crippen LogP contribution in [0, 0.1) is 6.92 Å². The Kier molecular flexibility index (Phi) is 4.77. The molecule has 1 atom stereocenters. The monoisotopic (exact) mass is 291 g/mol. The maximum absolute atomic E-state index is 12.3. The molecule has 0 radical (unpaired) electrons. The highest BCUT2D eigenvalue weighted by molar-refractivity contribution is 8.02. The molecule has 0 bridgehead atoms. The van der Waals surface area contributed by atoms with Gasteiger partial charge in [0.25, 0.3) is 0 Å². The van der Waals surface area contributed by atoms with Crippen molar-refractivity contribution in [1.82, 2.24) is 4.98 Å². The second-order valence-corrected chi connectivity index (χ2v) is 6.88. The Balaban J connectivity index is 2.05. The van der Waals surface area contributed by atoms with E-state index in [0.717, 1.165) is 22.0 Å². The molecule has 2 nitrogen and oxygen atoms in total. The van der Waals surface area contributed by atoms with Crippen molar-refractivity contribution >= 4 is 28.9 Å². The Morgan fingerprint density at radius 2 is 2.05 bits per heavy atom. The standard InChI is InChI=1S/C15H17NOS2/c1-4-12-5-7-13(8-6-12)14(17)11(3)19-15-16-10(2)9-18-15/h5-9,11H,4H2,1-3H3/t11-/m0/s1. The molecule has 0 aliphatic carbocycles. The van der Waals surface area contributed by atoms with Gasteiger partial charge in [0, 0.05) is 16.6 Å². The van der Waals surface area contributed by atoms with E-state index >= 15 is 0 Å². The number of ketones is 1. The molecule has 2 aromatic rings. The second kappa shape index (κ2) is 6.35. The lowest BCUT2D eigenvalue weighted by atomic mass is 10.1. The number of carbonyl (C=O) groups excluding carboxylic acids is 1. The fourth-order valence-corrected chi connectivity index (χ4v) is 3.79. The van der Waals surface area contributed by atoms with E-state index in [1.165, 1.54) is 17.3 Å². The van der Waals surface area contributed by atoms with Crippen molar-refractivity contribution in [2.24, 2.45) is 0 Å². The average molecular weight is 291 g/mol. The van der Waals surface area contributed by atoms with Crippen LogP contribution in [0.4, 0.5) is 0 Å². The Morgan fingerprint density at radius 1 is 1.37 bits per heavy atom. The van der Waals surface area contributed by atoms with Gasteiger partial charge in [-0.2, -0.15) is 0 Å². The minimum absolute atomic E-state index is 0.0990. The number of aryl methyl sites for hydroxylation is 2. The number of aromatic nitrogens is 1. The van der Waals surface area contributed by atoms with Crippen molar-refractivity contribution in [3.63, 3.8) is 0 Å². The summed E-state index contributed by atoms with van der Waals surface area (Å²) in [4.78, 5) is 16.7. The first kappa shape index (κ1) is 14.3. The van der Waals surface area contributed by atoms with Crippen molar-refractivity contribution in [3.8, 4) is 0 Å². The number of carbonyl (C=O) groups is 1. The van der Waals surface area contributed by atoms with Crippen LogP contribution in [0.5, 0.6) is 0 Å². The summed E-state index contributed by atoms with van der Waals surface area (Å²) in [6.07, 6.45) is 0.997. The molecule has 0 saturated heterocycles. The molecule has 0 spiro atoms. The fourth-order valence-electron chi connectivity index (χ4n) is 1.73. The van der Waals surface area contributed by atoms with Gasteiger partial charge in [-0.15, -0.1) is 11.3 Å². The summed E-state index contributed by atoms with van der Waals surface area (Å²) in [7, 11) is 0. The van der Waals surface area contributed by atoms with E-state index < -0.39 is 0 Å². The molecular formula is C15H17NOS2. The molecule has 0 N–H and O–H groups in total. The van der Waals surface area contributed by atoms with Gasteiger partial charge in [-0.05, 0) is 25.8 Å². The van der Waals surface area contributed by atoms with Crippen molar-refractivity contribution in [2.75, 3.05) is 0 Å². The SMILES string of the molecule is CCc1ccc(C(=O)[C@H](C)Sc2nc(C)cs2)cc1. The number of hydrogen-bond acceptors (Lipinski definition) is 4. The highest BCUT2D eigenvalue weighted by atomic mass is 32.2. The van der Waals surface area contributed by atoms with Gasteiger partial charge in [-0.25, -0.2) is 4.98 Å². The molecule has 0 aliphatic heterocycles. The van der Waals surface area contributed by atoms with E-state index in [-0.39, 0.29) is 11.0 Å². The zero-order valence-electron chi connectivity index (χ0n) is 11.3. The first-order valence-corrected chi connectivity index (χ1v) is 8.08. The third kappa shape index (κ3) is 3.67. The predicted molar refractivity (Wildman–Crippen MR) is 82.3 cm³/mol. The van der Waals surface area contributed by atoms with Crippen LogP contribution in [0.15, 0.2) is 34.0 Å². The minimum Gasteiger partial charge on any atom is -0.293 e. The van der Waals surface area contributed by atoms with Crippen molar-refractivity contribution in [2.45, 2.75) is 36.8 Å². The Labute approximate surface area is 122 Å². The minimum atomic E-state index is -0.0990. The molecule has 0 unspecified atom stereocenters. The smallest absolute Gasteiger partial charge is 0.175 e. The maximum atomic E-state index is 12.3. The van der Waals surface area contributed by atoms with Crippen LogP contribution in [-0.2, 0) is 6.42 Å². The lowest BCUT2D eigenvalue weighted by Crippen LogP contribution is -2.13. The van der Waals surface area contributed by atoms with Crippen molar-refractivity contribution in [3.05, 3.63) is 46.5 Å². The molecule has 2 rings (SSSR count). The zero-order valence-corrected chi connectivity index (χ0v) is 13.0. The molecule has 0 aliphatic rings. The van der Waals surface area contributed by atoms with Crippen LogP contribution in [0.2, 0.25) is 0 Å². The molecule has 1 heterocycles. The van der Waals surface area contributed by atoms with Crippen LogP contribution in [0.25, 0.3) is 0 Å². The zero-order chi connectivity index (χ0) is 13.8. The van der Waals surface area contributed by atoms with Gasteiger partial charge in [0.1, 0.15) is 0 Å². The van der Waals surface area contributed by atoms with E-state index in [9.17, 15) is 4.79 Å². The van der Waals surface area contributed by atoms with Crippen LogP contribution in [0.3, 0.4) is 0 Å². The quantitative estimate of drug-likeness (QED) is 0.605. The van der Waals surface area contributed by atoms with Crippen molar-refractivity contribution < 1.29 is 4.79 Å². The van der Waals surface area contributed by atoms with Crippen molar-refractivity contribution in [1.29, 1.82) is 0 Å². The summed E-state index contributed by atoms with van der Waals surface area (Å²) in [5.41, 5.74) is 3.05. The molecule has 0 fully saturated rings. The summed E-state index contributed by atoms with van der Waals surface area (Å²) >= 11 is 3.13. The molecule has 0 amide bonds.